The van der Waals surface area contributed by atoms with Crippen molar-refractivity contribution in [2.45, 2.75) is 32.1 Å². The maximum absolute atomic E-state index is 12.6. The van der Waals surface area contributed by atoms with Gasteiger partial charge in [-0.25, -0.2) is 0 Å². The fraction of sp³-hybridized carbons (Fsp3) is 0.417. The van der Waals surface area contributed by atoms with Gasteiger partial charge < -0.3 is 10.2 Å². The maximum Gasteiger partial charge on any atom is 0.419 e. The second-order valence-corrected chi connectivity index (χ2v) is 4.46. The lowest BCUT2D eigenvalue weighted by Gasteiger charge is -2.19. The lowest BCUT2D eigenvalue weighted by atomic mass is 10.1. The standard InChI is InChI=1S/C12H14F3N3O/c1-7-3-4-10(19-7)11(8(2)16)18-6-9(5-17-18)12(13,14)15/h3-6,8,11H,16H2,1-2H3. The Hall–Kier alpha value is -1.76. The first-order chi connectivity index (χ1) is 8.79. The number of nitrogens with two attached hydrogens (primary N) is 1. The molecule has 104 valence electrons. The van der Waals surface area contributed by atoms with E-state index in [9.17, 15) is 13.2 Å². The lowest BCUT2D eigenvalue weighted by Crippen LogP contribution is -2.30. The lowest BCUT2D eigenvalue weighted by molar-refractivity contribution is -0.137. The van der Waals surface area contributed by atoms with Crippen molar-refractivity contribution in [3.8, 4) is 0 Å². The molecule has 4 nitrogen and oxygen atoms in total. The summed E-state index contributed by atoms with van der Waals surface area (Å²) in [5.74, 6) is 1.16. The van der Waals surface area contributed by atoms with Gasteiger partial charge in [0.25, 0.3) is 0 Å². The molecule has 2 heterocycles. The van der Waals surface area contributed by atoms with Crippen LogP contribution in [0.15, 0.2) is 28.9 Å². The highest BCUT2D eigenvalue weighted by Gasteiger charge is 2.33. The molecule has 0 aliphatic rings. The Bertz CT molecular complexity index is 557. The zero-order chi connectivity index (χ0) is 14.2. The minimum absolute atomic E-state index is 0.438. The fourth-order valence-corrected chi connectivity index (χ4v) is 1.88. The van der Waals surface area contributed by atoms with Crippen LogP contribution in [0.4, 0.5) is 13.2 Å². The third-order valence-electron chi connectivity index (χ3n) is 2.76. The summed E-state index contributed by atoms with van der Waals surface area (Å²) in [7, 11) is 0. The van der Waals surface area contributed by atoms with Gasteiger partial charge in [0.1, 0.15) is 17.6 Å². The molecule has 0 saturated carbocycles. The molecule has 0 bridgehead atoms. The van der Waals surface area contributed by atoms with E-state index >= 15 is 0 Å². The van der Waals surface area contributed by atoms with Gasteiger partial charge in [-0.1, -0.05) is 0 Å². The highest BCUT2D eigenvalue weighted by molar-refractivity contribution is 5.15. The molecule has 0 aliphatic carbocycles. The quantitative estimate of drug-likeness (QED) is 0.935. The van der Waals surface area contributed by atoms with Gasteiger partial charge in [-0.3, -0.25) is 4.68 Å². The molecule has 0 aromatic carbocycles. The predicted octanol–water partition coefficient (Wildman–Crippen LogP) is 2.74. The highest BCUT2D eigenvalue weighted by atomic mass is 19.4. The van der Waals surface area contributed by atoms with E-state index in [1.807, 2.05) is 0 Å². The molecule has 0 saturated heterocycles. The SMILES string of the molecule is Cc1ccc(C(C(C)N)n2cc(C(F)(F)F)cn2)o1. The fourth-order valence-electron chi connectivity index (χ4n) is 1.88. The van der Waals surface area contributed by atoms with E-state index in [0.717, 1.165) is 12.4 Å². The number of nitrogens with zero attached hydrogens (tertiary/aromatic N) is 2. The third-order valence-corrected chi connectivity index (χ3v) is 2.76. The highest BCUT2D eigenvalue weighted by Crippen LogP contribution is 2.30. The van der Waals surface area contributed by atoms with Crippen molar-refractivity contribution >= 4 is 0 Å². The molecule has 0 aliphatic heterocycles. The zero-order valence-corrected chi connectivity index (χ0v) is 10.5. The van der Waals surface area contributed by atoms with Crippen molar-refractivity contribution in [1.29, 1.82) is 0 Å². The minimum atomic E-state index is -4.42. The van der Waals surface area contributed by atoms with Gasteiger partial charge in [-0.15, -0.1) is 0 Å². The Morgan fingerprint density at radius 2 is 2.05 bits per heavy atom. The summed E-state index contributed by atoms with van der Waals surface area (Å²) in [6.45, 7) is 3.45. The summed E-state index contributed by atoms with van der Waals surface area (Å²) in [4.78, 5) is 0. The van der Waals surface area contributed by atoms with Crippen molar-refractivity contribution in [3.63, 3.8) is 0 Å². The van der Waals surface area contributed by atoms with Crippen molar-refractivity contribution < 1.29 is 17.6 Å². The topological polar surface area (TPSA) is 57.0 Å². The van der Waals surface area contributed by atoms with Gasteiger partial charge in [0, 0.05) is 12.2 Å². The average Bonchev–Trinajstić information content (AvgIpc) is 2.87. The van der Waals surface area contributed by atoms with Crippen molar-refractivity contribution in [3.05, 3.63) is 41.6 Å². The van der Waals surface area contributed by atoms with E-state index in [1.165, 1.54) is 4.68 Å². The summed E-state index contributed by atoms with van der Waals surface area (Å²) < 4.78 is 44.3. The van der Waals surface area contributed by atoms with Gasteiger partial charge in [-0.05, 0) is 26.0 Å². The summed E-state index contributed by atoms with van der Waals surface area (Å²) in [6.07, 6.45) is -2.70. The number of hydrogen-bond acceptors (Lipinski definition) is 3. The molecule has 0 spiro atoms. The molecule has 7 heteroatoms. The molecule has 2 aromatic heterocycles. The van der Waals surface area contributed by atoms with E-state index in [0.29, 0.717) is 11.5 Å². The zero-order valence-electron chi connectivity index (χ0n) is 10.5. The maximum atomic E-state index is 12.6. The number of aryl methyl sites for hydroxylation is 1. The molecule has 2 atom stereocenters. The van der Waals surface area contributed by atoms with Crippen LogP contribution in [-0.4, -0.2) is 15.8 Å². The van der Waals surface area contributed by atoms with Crippen molar-refractivity contribution in [2.24, 2.45) is 5.73 Å². The van der Waals surface area contributed by atoms with Gasteiger partial charge in [-0.2, -0.15) is 18.3 Å². The first-order valence-corrected chi connectivity index (χ1v) is 5.72. The molecule has 2 N–H and O–H groups in total. The minimum Gasteiger partial charge on any atom is -0.464 e. The first kappa shape index (κ1) is 13.7. The van der Waals surface area contributed by atoms with Crippen LogP contribution in [0.2, 0.25) is 0 Å². The van der Waals surface area contributed by atoms with Gasteiger partial charge >= 0.3 is 6.18 Å². The number of aromatic nitrogens is 2. The molecule has 0 amide bonds. The molecule has 0 radical (unpaired) electrons. The van der Waals surface area contributed by atoms with Crippen LogP contribution in [-0.2, 0) is 6.18 Å². The van der Waals surface area contributed by atoms with Crippen LogP contribution in [0, 0.1) is 6.92 Å². The van der Waals surface area contributed by atoms with Crippen LogP contribution < -0.4 is 5.73 Å². The molecule has 2 rings (SSSR count). The first-order valence-electron chi connectivity index (χ1n) is 5.72. The summed E-state index contributed by atoms with van der Waals surface area (Å²) >= 11 is 0. The molecular formula is C12H14F3N3O. The van der Waals surface area contributed by atoms with E-state index < -0.39 is 23.8 Å². The second kappa shape index (κ2) is 4.73. The predicted molar refractivity (Wildman–Crippen MR) is 62.5 cm³/mol. The largest absolute Gasteiger partial charge is 0.464 e. The van der Waals surface area contributed by atoms with Crippen LogP contribution in [0.5, 0.6) is 0 Å². The van der Waals surface area contributed by atoms with E-state index in [4.69, 9.17) is 10.2 Å². The van der Waals surface area contributed by atoms with Crippen LogP contribution in [0.3, 0.4) is 0 Å². The Kier molecular flexibility index (Phi) is 3.40. The van der Waals surface area contributed by atoms with Crippen molar-refractivity contribution in [1.82, 2.24) is 9.78 Å². The van der Waals surface area contributed by atoms with E-state index in [-0.39, 0.29) is 0 Å². The smallest absolute Gasteiger partial charge is 0.419 e. The normalized spacial score (nSPS) is 15.5. The molecule has 19 heavy (non-hydrogen) atoms. The van der Waals surface area contributed by atoms with Crippen molar-refractivity contribution in [2.75, 3.05) is 0 Å². The van der Waals surface area contributed by atoms with Gasteiger partial charge in [0.05, 0.1) is 11.8 Å². The van der Waals surface area contributed by atoms with Crippen LogP contribution in [0.25, 0.3) is 0 Å². The summed E-state index contributed by atoms with van der Waals surface area (Å²) in [6, 6.07) is 2.42. The Morgan fingerprint density at radius 1 is 1.37 bits per heavy atom. The van der Waals surface area contributed by atoms with E-state index in [1.54, 1.807) is 26.0 Å². The summed E-state index contributed by atoms with van der Waals surface area (Å²) in [5, 5.41) is 3.75. The molecule has 0 fully saturated rings. The van der Waals surface area contributed by atoms with Crippen LogP contribution in [0.1, 0.15) is 30.0 Å². The van der Waals surface area contributed by atoms with E-state index in [2.05, 4.69) is 5.10 Å². The Labute approximate surface area is 108 Å². The second-order valence-electron chi connectivity index (χ2n) is 4.46. The average molecular weight is 273 g/mol. The number of rotatable bonds is 3. The monoisotopic (exact) mass is 273 g/mol. The summed E-state index contributed by atoms with van der Waals surface area (Å²) in [5.41, 5.74) is 5.02. The third kappa shape index (κ3) is 2.81. The Balaban J connectivity index is 2.38. The number of halogens is 3. The van der Waals surface area contributed by atoms with Crippen LogP contribution >= 0.6 is 0 Å². The Morgan fingerprint density at radius 3 is 2.47 bits per heavy atom. The molecule has 2 unspecified atom stereocenters. The molecule has 2 aromatic rings. The van der Waals surface area contributed by atoms with Gasteiger partial charge in [0.15, 0.2) is 0 Å². The van der Waals surface area contributed by atoms with Gasteiger partial charge in [0.2, 0.25) is 0 Å². The number of furan rings is 1. The number of hydrogen-bond donors (Lipinski definition) is 1. The molecular weight excluding hydrogens is 259 g/mol. The number of alkyl halides is 3.